The predicted octanol–water partition coefficient (Wildman–Crippen LogP) is 5.98. The number of ether oxygens (including phenoxy) is 3. The maximum absolute atomic E-state index is 5.80. The van der Waals surface area contributed by atoms with Gasteiger partial charge in [0.05, 0.1) is 26.5 Å². The van der Waals surface area contributed by atoms with E-state index in [0.29, 0.717) is 12.6 Å². The van der Waals surface area contributed by atoms with E-state index in [2.05, 4.69) is 9.95 Å². The van der Waals surface area contributed by atoms with Crippen molar-refractivity contribution in [2.75, 3.05) is 20.8 Å². The summed E-state index contributed by atoms with van der Waals surface area (Å²) in [6.45, 7) is 2.61. The van der Waals surface area contributed by atoms with Gasteiger partial charge in [0.25, 0.3) is 0 Å². The maximum atomic E-state index is 5.80. The number of benzene rings is 2. The van der Waals surface area contributed by atoms with Gasteiger partial charge in [0.2, 0.25) is 0 Å². The molecule has 0 bridgehead atoms. The van der Waals surface area contributed by atoms with Crippen LogP contribution >= 0.6 is 11.3 Å². The predicted molar refractivity (Wildman–Crippen MR) is 121 cm³/mol. The maximum Gasteiger partial charge on any atom is 0.190 e. The molecule has 3 aromatic rings. The number of hydrogen-bond donors (Lipinski definition) is 0. The summed E-state index contributed by atoms with van der Waals surface area (Å²) in [6.07, 6.45) is 4.82. The average Bonchev–Trinajstić information content (AvgIpc) is 3.44. The average molecular weight is 425 g/mol. The van der Waals surface area contributed by atoms with Gasteiger partial charge in [0.15, 0.2) is 4.80 Å². The van der Waals surface area contributed by atoms with Crippen LogP contribution in [0.15, 0.2) is 52.8 Å². The zero-order valence-corrected chi connectivity index (χ0v) is 18.6. The van der Waals surface area contributed by atoms with E-state index in [0.717, 1.165) is 51.8 Å². The number of thiazole rings is 1. The molecule has 4 rings (SSSR count). The van der Waals surface area contributed by atoms with Crippen molar-refractivity contribution < 1.29 is 14.2 Å². The van der Waals surface area contributed by atoms with Gasteiger partial charge >= 0.3 is 0 Å². The number of para-hydroxylation sites is 2. The minimum absolute atomic E-state index is 0.431. The number of nitrogens with zero attached hydrogens (tertiary/aromatic N) is 2. The van der Waals surface area contributed by atoms with Crippen molar-refractivity contribution in [3.8, 4) is 28.5 Å². The molecule has 5 nitrogen and oxygen atoms in total. The third-order valence-electron chi connectivity index (χ3n) is 5.50. The topological polar surface area (TPSA) is 45.0 Å². The third kappa shape index (κ3) is 4.10. The van der Waals surface area contributed by atoms with E-state index >= 15 is 0 Å². The standard InChI is InChI=1S/C24H28N2O3S/c1-4-29-23-12-8-7-11-20(23)25-24-26(17-9-5-6-10-17)21(16-30-24)19-15-18(27-2)13-14-22(19)28-3/h7-8,11-17H,4-6,9-10H2,1-3H3. The van der Waals surface area contributed by atoms with Gasteiger partial charge in [-0.3, -0.25) is 0 Å². The highest BCUT2D eigenvalue weighted by Crippen LogP contribution is 2.38. The van der Waals surface area contributed by atoms with Crippen molar-refractivity contribution in [1.82, 2.24) is 4.57 Å². The lowest BCUT2D eigenvalue weighted by Crippen LogP contribution is -2.20. The molecule has 0 atom stereocenters. The molecule has 0 amide bonds. The molecule has 1 heterocycles. The Kier molecular flexibility index (Phi) is 6.43. The highest BCUT2D eigenvalue weighted by Gasteiger charge is 2.23. The van der Waals surface area contributed by atoms with Crippen molar-refractivity contribution in [1.29, 1.82) is 0 Å². The Morgan fingerprint density at radius 2 is 1.83 bits per heavy atom. The molecular formula is C24H28N2O3S. The van der Waals surface area contributed by atoms with Gasteiger partial charge in [0.1, 0.15) is 22.9 Å². The van der Waals surface area contributed by atoms with E-state index in [1.54, 1.807) is 25.6 Å². The molecule has 1 aromatic heterocycles. The van der Waals surface area contributed by atoms with Crippen LogP contribution in [0.3, 0.4) is 0 Å². The Hall–Kier alpha value is -2.73. The lowest BCUT2D eigenvalue weighted by molar-refractivity contribution is 0.341. The van der Waals surface area contributed by atoms with Crippen molar-refractivity contribution in [2.24, 2.45) is 4.99 Å². The monoisotopic (exact) mass is 424 g/mol. The fraction of sp³-hybridized carbons (Fsp3) is 0.375. The largest absolute Gasteiger partial charge is 0.497 e. The minimum atomic E-state index is 0.431. The first-order valence-corrected chi connectivity index (χ1v) is 11.3. The van der Waals surface area contributed by atoms with Gasteiger partial charge in [-0.2, -0.15) is 0 Å². The number of aromatic nitrogens is 1. The first-order chi connectivity index (χ1) is 14.7. The lowest BCUT2D eigenvalue weighted by atomic mass is 10.1. The highest BCUT2D eigenvalue weighted by molar-refractivity contribution is 7.07. The van der Waals surface area contributed by atoms with Crippen molar-refractivity contribution in [2.45, 2.75) is 38.6 Å². The van der Waals surface area contributed by atoms with Crippen LogP contribution in [0.1, 0.15) is 38.6 Å². The van der Waals surface area contributed by atoms with Crippen molar-refractivity contribution in [3.05, 3.63) is 52.6 Å². The molecule has 0 unspecified atom stereocenters. The van der Waals surface area contributed by atoms with Crippen LogP contribution in [0.2, 0.25) is 0 Å². The van der Waals surface area contributed by atoms with E-state index in [1.807, 2.05) is 49.4 Å². The van der Waals surface area contributed by atoms with Crippen LogP contribution in [-0.4, -0.2) is 25.4 Å². The molecule has 1 saturated carbocycles. The molecule has 0 saturated heterocycles. The van der Waals surface area contributed by atoms with Crippen LogP contribution in [0.5, 0.6) is 17.2 Å². The fourth-order valence-corrected chi connectivity index (χ4v) is 5.03. The van der Waals surface area contributed by atoms with E-state index in [-0.39, 0.29) is 0 Å². The Bertz CT molecular complexity index is 1060. The summed E-state index contributed by atoms with van der Waals surface area (Å²) in [5, 5.41) is 2.18. The highest BCUT2D eigenvalue weighted by atomic mass is 32.1. The molecular weight excluding hydrogens is 396 g/mol. The molecule has 0 radical (unpaired) electrons. The summed E-state index contributed by atoms with van der Waals surface area (Å²) >= 11 is 1.66. The van der Waals surface area contributed by atoms with Crippen LogP contribution in [-0.2, 0) is 0 Å². The van der Waals surface area contributed by atoms with E-state index in [1.165, 1.54) is 12.8 Å². The van der Waals surface area contributed by atoms with Gasteiger partial charge in [-0.05, 0) is 50.1 Å². The Morgan fingerprint density at radius 1 is 1.03 bits per heavy atom. The molecule has 0 N–H and O–H groups in total. The van der Waals surface area contributed by atoms with E-state index in [9.17, 15) is 0 Å². The van der Waals surface area contributed by atoms with Crippen LogP contribution in [0.4, 0.5) is 5.69 Å². The van der Waals surface area contributed by atoms with Gasteiger partial charge in [-0.1, -0.05) is 25.0 Å². The molecule has 0 spiro atoms. The third-order valence-corrected chi connectivity index (χ3v) is 6.34. The Labute approximate surface area is 181 Å². The summed E-state index contributed by atoms with van der Waals surface area (Å²) in [4.78, 5) is 6.01. The normalized spacial score (nSPS) is 14.8. The van der Waals surface area contributed by atoms with Crippen molar-refractivity contribution >= 4 is 17.0 Å². The molecule has 6 heteroatoms. The Morgan fingerprint density at radius 3 is 2.57 bits per heavy atom. The van der Waals surface area contributed by atoms with Crippen LogP contribution in [0, 0.1) is 0 Å². The summed E-state index contributed by atoms with van der Waals surface area (Å²) < 4.78 is 19.3. The second kappa shape index (κ2) is 9.39. The van der Waals surface area contributed by atoms with Gasteiger partial charge in [-0.15, -0.1) is 11.3 Å². The fourth-order valence-electron chi connectivity index (χ4n) is 4.06. The molecule has 1 aliphatic carbocycles. The number of methoxy groups -OCH3 is 2. The van der Waals surface area contributed by atoms with E-state index in [4.69, 9.17) is 19.2 Å². The van der Waals surface area contributed by atoms with Gasteiger partial charge in [0, 0.05) is 17.0 Å². The molecule has 158 valence electrons. The first kappa shape index (κ1) is 20.5. The quantitative estimate of drug-likeness (QED) is 0.469. The summed E-state index contributed by atoms with van der Waals surface area (Å²) in [6, 6.07) is 14.3. The van der Waals surface area contributed by atoms with Gasteiger partial charge in [-0.25, -0.2) is 4.99 Å². The number of hydrogen-bond acceptors (Lipinski definition) is 5. The SMILES string of the molecule is CCOc1ccccc1N=c1scc(-c2cc(OC)ccc2OC)n1C1CCCC1. The molecule has 1 fully saturated rings. The zero-order valence-electron chi connectivity index (χ0n) is 17.8. The Balaban J connectivity index is 1.90. The first-order valence-electron chi connectivity index (χ1n) is 10.4. The molecule has 2 aromatic carbocycles. The molecule has 0 aliphatic heterocycles. The second-order valence-corrected chi connectivity index (χ2v) is 8.13. The van der Waals surface area contributed by atoms with Crippen LogP contribution in [0.25, 0.3) is 11.3 Å². The smallest absolute Gasteiger partial charge is 0.190 e. The minimum Gasteiger partial charge on any atom is -0.497 e. The number of rotatable bonds is 7. The molecule has 1 aliphatic rings. The van der Waals surface area contributed by atoms with E-state index < -0.39 is 0 Å². The summed E-state index contributed by atoms with van der Waals surface area (Å²) in [7, 11) is 3.40. The summed E-state index contributed by atoms with van der Waals surface area (Å²) in [5.41, 5.74) is 3.01. The molecule has 30 heavy (non-hydrogen) atoms. The van der Waals surface area contributed by atoms with Crippen LogP contribution < -0.4 is 19.0 Å². The van der Waals surface area contributed by atoms with Gasteiger partial charge < -0.3 is 18.8 Å². The second-order valence-electron chi connectivity index (χ2n) is 7.29. The lowest BCUT2D eigenvalue weighted by Gasteiger charge is -2.18. The zero-order chi connectivity index (χ0) is 20.9. The van der Waals surface area contributed by atoms with Crippen molar-refractivity contribution in [3.63, 3.8) is 0 Å². The summed E-state index contributed by atoms with van der Waals surface area (Å²) in [5.74, 6) is 2.46.